The zero-order valence-corrected chi connectivity index (χ0v) is 13.5. The van der Waals surface area contributed by atoms with E-state index in [-0.39, 0.29) is 29.7 Å². The Bertz CT molecular complexity index is 495. The topological polar surface area (TPSA) is 52.6 Å². The summed E-state index contributed by atoms with van der Waals surface area (Å²) in [5, 5.41) is 12.5. The number of hydrogen-bond acceptors (Lipinski definition) is 2. The van der Waals surface area contributed by atoms with Crippen LogP contribution in [0.4, 0.5) is 9.18 Å². The lowest BCUT2D eigenvalue weighted by molar-refractivity contribution is 0.117. The maximum atomic E-state index is 13.0. The molecular formula is C15H22ClFN2O2. The third-order valence-corrected chi connectivity index (χ3v) is 3.44. The summed E-state index contributed by atoms with van der Waals surface area (Å²) in [7, 11) is 0. The van der Waals surface area contributed by atoms with E-state index >= 15 is 0 Å². The van der Waals surface area contributed by atoms with E-state index in [1.807, 2.05) is 13.8 Å². The van der Waals surface area contributed by atoms with Gasteiger partial charge in [-0.05, 0) is 45.4 Å². The number of urea groups is 1. The van der Waals surface area contributed by atoms with Gasteiger partial charge in [0.1, 0.15) is 5.82 Å². The second-order valence-electron chi connectivity index (χ2n) is 5.43. The highest BCUT2D eigenvalue weighted by molar-refractivity contribution is 6.31. The average Bonchev–Trinajstić information content (AvgIpc) is 2.34. The Hall–Kier alpha value is -1.33. The highest BCUT2D eigenvalue weighted by Crippen LogP contribution is 2.23. The molecule has 118 valence electrons. The summed E-state index contributed by atoms with van der Waals surface area (Å²) in [5.41, 5.74) is 0.646. The van der Waals surface area contributed by atoms with Crippen molar-refractivity contribution in [2.24, 2.45) is 0 Å². The van der Waals surface area contributed by atoms with Crippen LogP contribution in [0.15, 0.2) is 18.2 Å². The van der Waals surface area contributed by atoms with Crippen LogP contribution >= 0.6 is 11.6 Å². The molecule has 2 amide bonds. The molecule has 1 aromatic rings. The first-order valence-corrected chi connectivity index (χ1v) is 7.30. The lowest BCUT2D eigenvalue weighted by atomic mass is 10.1. The smallest absolute Gasteiger partial charge is 0.318 e. The van der Waals surface area contributed by atoms with Gasteiger partial charge in [0, 0.05) is 17.6 Å². The zero-order valence-electron chi connectivity index (χ0n) is 12.7. The molecule has 1 rings (SSSR count). The van der Waals surface area contributed by atoms with Gasteiger partial charge < -0.3 is 15.3 Å². The minimum absolute atomic E-state index is 0.0458. The molecule has 0 aliphatic carbocycles. The van der Waals surface area contributed by atoms with Crippen molar-refractivity contribution in [3.05, 3.63) is 34.6 Å². The third kappa shape index (κ3) is 5.17. The Morgan fingerprint density at radius 1 is 1.38 bits per heavy atom. The first kappa shape index (κ1) is 17.7. The quantitative estimate of drug-likeness (QED) is 0.875. The van der Waals surface area contributed by atoms with Crippen molar-refractivity contribution in [2.75, 3.05) is 6.54 Å². The first-order chi connectivity index (χ1) is 9.72. The second-order valence-corrected chi connectivity index (χ2v) is 5.84. The molecule has 0 aromatic heterocycles. The molecule has 21 heavy (non-hydrogen) atoms. The number of aliphatic hydroxyl groups is 1. The summed E-state index contributed by atoms with van der Waals surface area (Å²) in [6, 6.07) is 3.38. The van der Waals surface area contributed by atoms with Gasteiger partial charge in [0.25, 0.3) is 0 Å². The largest absolute Gasteiger partial charge is 0.392 e. The van der Waals surface area contributed by atoms with Crippen LogP contribution in [-0.4, -0.2) is 34.7 Å². The van der Waals surface area contributed by atoms with Crippen LogP contribution in [0.5, 0.6) is 0 Å². The van der Waals surface area contributed by atoms with Gasteiger partial charge in [-0.15, -0.1) is 0 Å². The predicted molar refractivity (Wildman–Crippen MR) is 81.9 cm³/mol. The van der Waals surface area contributed by atoms with Crippen molar-refractivity contribution >= 4 is 17.6 Å². The van der Waals surface area contributed by atoms with Gasteiger partial charge in [-0.1, -0.05) is 17.7 Å². The van der Waals surface area contributed by atoms with Gasteiger partial charge in [0.05, 0.1) is 12.1 Å². The number of carbonyl (C=O) groups excluding carboxylic acids is 1. The summed E-state index contributed by atoms with van der Waals surface area (Å²) in [6.07, 6.45) is -0.608. The molecule has 0 saturated heterocycles. The SMILES string of the molecule is CC(O)CN(C(=O)NC(C)c1ccc(F)cc1Cl)C(C)C. The van der Waals surface area contributed by atoms with E-state index in [1.54, 1.807) is 24.8 Å². The van der Waals surface area contributed by atoms with Crippen LogP contribution in [-0.2, 0) is 0 Å². The van der Waals surface area contributed by atoms with Gasteiger partial charge in [-0.2, -0.15) is 0 Å². The number of rotatable bonds is 5. The number of hydrogen-bond donors (Lipinski definition) is 2. The fourth-order valence-corrected chi connectivity index (χ4v) is 2.34. The van der Waals surface area contributed by atoms with E-state index in [1.165, 1.54) is 12.1 Å². The van der Waals surface area contributed by atoms with Gasteiger partial charge in [0.2, 0.25) is 0 Å². The fourth-order valence-electron chi connectivity index (χ4n) is 2.01. The Morgan fingerprint density at radius 2 is 2.00 bits per heavy atom. The Balaban J connectivity index is 2.80. The van der Waals surface area contributed by atoms with E-state index < -0.39 is 11.9 Å². The molecule has 2 atom stereocenters. The van der Waals surface area contributed by atoms with Crippen LogP contribution in [0.3, 0.4) is 0 Å². The fraction of sp³-hybridized carbons (Fsp3) is 0.533. The number of benzene rings is 1. The highest BCUT2D eigenvalue weighted by Gasteiger charge is 2.21. The van der Waals surface area contributed by atoms with Gasteiger partial charge >= 0.3 is 6.03 Å². The lowest BCUT2D eigenvalue weighted by Gasteiger charge is -2.30. The monoisotopic (exact) mass is 316 g/mol. The van der Waals surface area contributed by atoms with Gasteiger partial charge in [-0.25, -0.2) is 9.18 Å². The number of nitrogens with zero attached hydrogens (tertiary/aromatic N) is 1. The van der Waals surface area contributed by atoms with E-state index in [0.29, 0.717) is 5.56 Å². The summed E-state index contributed by atoms with van der Waals surface area (Å²) in [6.45, 7) is 7.39. The molecule has 0 saturated carbocycles. The van der Waals surface area contributed by atoms with E-state index in [9.17, 15) is 14.3 Å². The van der Waals surface area contributed by atoms with Crippen molar-refractivity contribution in [3.63, 3.8) is 0 Å². The molecule has 6 heteroatoms. The molecule has 0 aliphatic heterocycles. The molecule has 0 aliphatic rings. The number of halogens is 2. The molecule has 2 N–H and O–H groups in total. The van der Waals surface area contributed by atoms with Gasteiger partial charge in [-0.3, -0.25) is 0 Å². The maximum absolute atomic E-state index is 13.0. The molecule has 0 spiro atoms. The van der Waals surface area contributed by atoms with E-state index in [2.05, 4.69) is 5.32 Å². The molecule has 0 fully saturated rings. The number of nitrogens with one attached hydrogen (secondary N) is 1. The molecule has 4 nitrogen and oxygen atoms in total. The summed E-state index contributed by atoms with van der Waals surface area (Å²) in [5.74, 6) is -0.416. The standard InChI is InChI=1S/C15H22ClFN2O2/c1-9(2)19(8-10(3)20)15(21)18-11(4)13-6-5-12(17)7-14(13)16/h5-7,9-11,20H,8H2,1-4H3,(H,18,21). The lowest BCUT2D eigenvalue weighted by Crippen LogP contribution is -2.47. The molecule has 2 unspecified atom stereocenters. The zero-order chi connectivity index (χ0) is 16.2. The summed E-state index contributed by atoms with van der Waals surface area (Å²) >= 11 is 5.99. The van der Waals surface area contributed by atoms with E-state index in [4.69, 9.17) is 11.6 Å². The molecule has 0 bridgehead atoms. The summed E-state index contributed by atoms with van der Waals surface area (Å²) < 4.78 is 13.0. The Morgan fingerprint density at radius 3 is 2.48 bits per heavy atom. The van der Waals surface area contributed by atoms with E-state index in [0.717, 1.165) is 0 Å². The van der Waals surface area contributed by atoms with Crippen molar-refractivity contribution in [1.29, 1.82) is 0 Å². The van der Waals surface area contributed by atoms with Crippen molar-refractivity contribution in [3.8, 4) is 0 Å². The van der Waals surface area contributed by atoms with Crippen molar-refractivity contribution in [1.82, 2.24) is 10.2 Å². The van der Waals surface area contributed by atoms with Crippen LogP contribution in [0.2, 0.25) is 5.02 Å². The van der Waals surface area contributed by atoms with Crippen molar-refractivity contribution in [2.45, 2.75) is 45.9 Å². The minimum atomic E-state index is -0.608. The second kappa shape index (κ2) is 7.61. The third-order valence-electron chi connectivity index (χ3n) is 3.11. The Labute approximate surface area is 129 Å². The first-order valence-electron chi connectivity index (χ1n) is 6.92. The number of aliphatic hydroxyl groups excluding tert-OH is 1. The number of carbonyl (C=O) groups is 1. The van der Waals surface area contributed by atoms with Crippen LogP contribution in [0.1, 0.15) is 39.3 Å². The molecule has 0 radical (unpaired) electrons. The molecular weight excluding hydrogens is 295 g/mol. The molecule has 1 aromatic carbocycles. The average molecular weight is 317 g/mol. The normalized spacial score (nSPS) is 13.9. The van der Waals surface area contributed by atoms with Crippen LogP contribution < -0.4 is 5.32 Å². The minimum Gasteiger partial charge on any atom is -0.392 e. The highest BCUT2D eigenvalue weighted by atomic mass is 35.5. The summed E-state index contributed by atoms with van der Waals surface area (Å²) in [4.78, 5) is 13.8. The van der Waals surface area contributed by atoms with Gasteiger partial charge in [0.15, 0.2) is 0 Å². The van der Waals surface area contributed by atoms with Crippen LogP contribution in [0.25, 0.3) is 0 Å². The van der Waals surface area contributed by atoms with Crippen molar-refractivity contribution < 1.29 is 14.3 Å². The van der Waals surface area contributed by atoms with Crippen LogP contribution in [0, 0.1) is 5.82 Å². The predicted octanol–water partition coefficient (Wildman–Crippen LogP) is 3.34. The molecule has 0 heterocycles. The maximum Gasteiger partial charge on any atom is 0.318 e. The Kier molecular flexibility index (Phi) is 6.42. The number of amides is 2.